The van der Waals surface area contributed by atoms with Crippen LogP contribution in [0.25, 0.3) is 0 Å². The number of nitrogens with one attached hydrogen (secondary N) is 1. The van der Waals surface area contributed by atoms with Crippen LogP contribution in [0.2, 0.25) is 0 Å². The molecule has 1 N–H and O–H groups in total. The number of amides is 1. The van der Waals surface area contributed by atoms with Crippen molar-refractivity contribution in [3.05, 3.63) is 47.3 Å². The van der Waals surface area contributed by atoms with Crippen LogP contribution in [-0.4, -0.2) is 28.4 Å². The third-order valence-corrected chi connectivity index (χ3v) is 3.85. The second-order valence-electron chi connectivity index (χ2n) is 6.21. The van der Waals surface area contributed by atoms with Gasteiger partial charge in [-0.3, -0.25) is 10.1 Å². The molecule has 1 aliphatic rings. The second kappa shape index (κ2) is 6.39. The summed E-state index contributed by atoms with van der Waals surface area (Å²) in [7, 11) is 0. The van der Waals surface area contributed by atoms with Gasteiger partial charge in [-0.1, -0.05) is 26.0 Å². The minimum Gasteiger partial charge on any atom is -0.294 e. The predicted molar refractivity (Wildman–Crippen MR) is 95.4 cm³/mol. The number of carbonyl (C=O) groups is 1. The molecule has 0 bridgehead atoms. The number of anilines is 2. The molecule has 6 heteroatoms. The van der Waals surface area contributed by atoms with Crippen molar-refractivity contribution < 1.29 is 4.79 Å². The van der Waals surface area contributed by atoms with E-state index in [-0.39, 0.29) is 12.5 Å². The van der Waals surface area contributed by atoms with Gasteiger partial charge in [-0.2, -0.15) is 0 Å². The van der Waals surface area contributed by atoms with Gasteiger partial charge in [-0.25, -0.2) is 19.9 Å². The third kappa shape index (κ3) is 3.27. The summed E-state index contributed by atoms with van der Waals surface area (Å²) in [5.74, 6) is 1.29. The third-order valence-electron chi connectivity index (χ3n) is 3.85. The topological polar surface area (TPSA) is 70.5 Å². The fourth-order valence-corrected chi connectivity index (χ4v) is 2.65. The number of nitrogens with zero attached hydrogens (tertiary/aromatic N) is 4. The lowest BCUT2D eigenvalue weighted by Gasteiger charge is -2.19. The van der Waals surface area contributed by atoms with Crippen LogP contribution in [0.1, 0.15) is 36.7 Å². The Hall–Kier alpha value is -2.76. The van der Waals surface area contributed by atoms with Crippen molar-refractivity contribution in [3.63, 3.8) is 0 Å². The Labute approximate surface area is 141 Å². The first-order valence-electron chi connectivity index (χ1n) is 8.00. The number of benzene rings is 1. The first-order valence-corrected chi connectivity index (χ1v) is 8.00. The van der Waals surface area contributed by atoms with Crippen molar-refractivity contribution >= 4 is 23.5 Å². The van der Waals surface area contributed by atoms with Crippen LogP contribution in [0.5, 0.6) is 0 Å². The van der Waals surface area contributed by atoms with Crippen LogP contribution in [0.3, 0.4) is 0 Å². The maximum Gasteiger partial charge on any atom is 0.255 e. The summed E-state index contributed by atoms with van der Waals surface area (Å²) in [5, 5.41) is 3.07. The lowest BCUT2D eigenvalue weighted by Crippen LogP contribution is -2.37. The van der Waals surface area contributed by atoms with Gasteiger partial charge in [-0.15, -0.1) is 0 Å². The van der Waals surface area contributed by atoms with Crippen molar-refractivity contribution in [2.45, 2.75) is 33.6 Å². The number of aromatic nitrogens is 2. The van der Waals surface area contributed by atoms with Crippen molar-refractivity contribution in [1.29, 1.82) is 0 Å². The minimum atomic E-state index is -0.0702. The van der Waals surface area contributed by atoms with E-state index in [9.17, 15) is 4.79 Å². The molecule has 2 heterocycles. The number of guanidine groups is 1. The van der Waals surface area contributed by atoms with E-state index in [2.05, 4.69) is 34.1 Å². The van der Waals surface area contributed by atoms with Gasteiger partial charge in [0.05, 0.1) is 5.69 Å². The smallest absolute Gasteiger partial charge is 0.255 e. The maximum absolute atomic E-state index is 12.3. The van der Waals surface area contributed by atoms with E-state index in [1.807, 2.05) is 44.2 Å². The molecule has 24 heavy (non-hydrogen) atoms. The molecule has 0 fully saturated rings. The Morgan fingerprint density at radius 1 is 1.08 bits per heavy atom. The van der Waals surface area contributed by atoms with Crippen LogP contribution in [-0.2, 0) is 4.79 Å². The Balaban J connectivity index is 1.86. The Morgan fingerprint density at radius 3 is 2.29 bits per heavy atom. The van der Waals surface area contributed by atoms with Gasteiger partial charge >= 0.3 is 0 Å². The highest BCUT2D eigenvalue weighted by Gasteiger charge is 2.27. The van der Waals surface area contributed by atoms with E-state index < -0.39 is 0 Å². The molecule has 1 aromatic heterocycles. The summed E-state index contributed by atoms with van der Waals surface area (Å²) in [4.78, 5) is 26.8. The van der Waals surface area contributed by atoms with Gasteiger partial charge in [-0.05, 0) is 43.5 Å². The van der Waals surface area contributed by atoms with Gasteiger partial charge in [0.25, 0.3) is 5.91 Å². The van der Waals surface area contributed by atoms with Crippen LogP contribution in [0.15, 0.2) is 35.3 Å². The zero-order valence-corrected chi connectivity index (χ0v) is 14.4. The summed E-state index contributed by atoms with van der Waals surface area (Å²) in [6.45, 7) is 8.22. The van der Waals surface area contributed by atoms with E-state index in [4.69, 9.17) is 0 Å². The van der Waals surface area contributed by atoms with Crippen molar-refractivity contribution in [2.24, 2.45) is 4.99 Å². The quantitative estimate of drug-likeness (QED) is 0.942. The number of carbonyl (C=O) groups excluding carboxylic acids is 1. The molecule has 0 radical (unpaired) electrons. The first-order chi connectivity index (χ1) is 11.4. The first kappa shape index (κ1) is 16.1. The zero-order valence-electron chi connectivity index (χ0n) is 14.4. The second-order valence-corrected chi connectivity index (χ2v) is 6.21. The molecular weight excluding hydrogens is 302 g/mol. The van der Waals surface area contributed by atoms with Crippen molar-refractivity contribution in [1.82, 2.24) is 9.97 Å². The number of aliphatic imine (C=N–C) groups is 1. The molecule has 3 rings (SSSR count). The highest BCUT2D eigenvalue weighted by molar-refractivity contribution is 6.24. The summed E-state index contributed by atoms with van der Waals surface area (Å²) < 4.78 is 0. The summed E-state index contributed by atoms with van der Waals surface area (Å²) in [6, 6.07) is 9.86. The Morgan fingerprint density at radius 2 is 1.71 bits per heavy atom. The van der Waals surface area contributed by atoms with Crippen molar-refractivity contribution in [3.8, 4) is 0 Å². The number of aryl methyl sites for hydroxylation is 2. The average molecular weight is 323 g/mol. The average Bonchev–Trinajstić information content (AvgIpc) is 2.87. The molecule has 1 aromatic carbocycles. The molecule has 0 atom stereocenters. The Bertz CT molecular complexity index is 775. The predicted octanol–water partition coefficient (Wildman–Crippen LogP) is 3.03. The standard InChI is InChI=1S/C18H21N5O/c1-11(2)14-5-7-15(8-6-14)23-16(24)10-19-18(23)22-17-20-12(3)9-13(4)21-17/h5-9,11H,10H2,1-4H3,(H,19,20,21,22). The number of hydrogen-bond donors (Lipinski definition) is 1. The lowest BCUT2D eigenvalue weighted by molar-refractivity contribution is -0.115. The molecule has 124 valence electrons. The lowest BCUT2D eigenvalue weighted by atomic mass is 10.0. The highest BCUT2D eigenvalue weighted by atomic mass is 16.2. The molecule has 2 aromatic rings. The SMILES string of the molecule is Cc1cc(C)nc(NC2=NCC(=O)N2c2ccc(C(C)C)cc2)n1. The van der Waals surface area contributed by atoms with Gasteiger partial charge in [0, 0.05) is 11.4 Å². The van der Waals surface area contributed by atoms with Gasteiger partial charge in [0.15, 0.2) is 0 Å². The molecular formula is C18H21N5O. The van der Waals surface area contributed by atoms with Crippen molar-refractivity contribution in [2.75, 3.05) is 16.8 Å². The molecule has 0 saturated heterocycles. The fraction of sp³-hybridized carbons (Fsp3) is 0.333. The van der Waals surface area contributed by atoms with E-state index in [0.29, 0.717) is 17.8 Å². The van der Waals surface area contributed by atoms with Crippen LogP contribution in [0.4, 0.5) is 11.6 Å². The number of hydrogen-bond acceptors (Lipinski definition) is 5. The van der Waals surface area contributed by atoms with Gasteiger partial charge in [0.2, 0.25) is 11.9 Å². The zero-order chi connectivity index (χ0) is 17.3. The van der Waals surface area contributed by atoms with Crippen LogP contribution >= 0.6 is 0 Å². The molecule has 1 amide bonds. The molecule has 6 nitrogen and oxygen atoms in total. The van der Waals surface area contributed by atoms with E-state index in [1.165, 1.54) is 5.56 Å². The maximum atomic E-state index is 12.3. The van der Waals surface area contributed by atoms with E-state index in [1.54, 1.807) is 4.90 Å². The van der Waals surface area contributed by atoms with E-state index >= 15 is 0 Å². The molecule has 0 unspecified atom stereocenters. The molecule has 0 aliphatic carbocycles. The van der Waals surface area contributed by atoms with Crippen LogP contribution in [0, 0.1) is 13.8 Å². The normalized spacial score (nSPS) is 14.3. The molecule has 1 aliphatic heterocycles. The Kier molecular flexibility index (Phi) is 4.29. The molecule has 0 spiro atoms. The van der Waals surface area contributed by atoms with Gasteiger partial charge < -0.3 is 0 Å². The summed E-state index contributed by atoms with van der Waals surface area (Å²) in [6.07, 6.45) is 0. The minimum absolute atomic E-state index is 0.0702. The fourth-order valence-electron chi connectivity index (χ4n) is 2.65. The highest BCUT2D eigenvalue weighted by Crippen LogP contribution is 2.23. The summed E-state index contributed by atoms with van der Waals surface area (Å²) in [5.41, 5.74) is 3.75. The number of rotatable bonds is 3. The largest absolute Gasteiger partial charge is 0.294 e. The molecule has 0 saturated carbocycles. The summed E-state index contributed by atoms with van der Waals surface area (Å²) >= 11 is 0. The van der Waals surface area contributed by atoms with Crippen LogP contribution < -0.4 is 10.2 Å². The monoisotopic (exact) mass is 323 g/mol. The van der Waals surface area contributed by atoms with Gasteiger partial charge in [0.1, 0.15) is 6.54 Å². The van der Waals surface area contributed by atoms with E-state index in [0.717, 1.165) is 17.1 Å².